The molecule has 4 bridgehead atoms. The molecule has 4 rings (SSSR count). The predicted octanol–water partition coefficient (Wildman–Crippen LogP) is 2.27. The van der Waals surface area contributed by atoms with E-state index in [4.69, 9.17) is 5.26 Å². The van der Waals surface area contributed by atoms with Crippen LogP contribution >= 0.6 is 12.0 Å². The number of esters is 1. The molecule has 3 unspecified atom stereocenters. The van der Waals surface area contributed by atoms with Crippen molar-refractivity contribution in [1.82, 2.24) is 0 Å². The van der Waals surface area contributed by atoms with Crippen molar-refractivity contribution < 1.29 is 51.9 Å². The fraction of sp³-hybridized carbons (Fsp3) is 0.929. The highest BCUT2D eigenvalue weighted by molar-refractivity contribution is 7.96. The maximum atomic E-state index is 14.1. The molecule has 0 aromatic heterocycles. The third-order valence-electron chi connectivity index (χ3n) is 5.44. The zero-order valence-electron chi connectivity index (χ0n) is 13.4. The van der Waals surface area contributed by atoms with Crippen LogP contribution < -0.4 is 0 Å². The summed E-state index contributed by atoms with van der Waals surface area (Å²) in [5, 5.41) is 27.4. The first kappa shape index (κ1) is 20.1. The van der Waals surface area contributed by atoms with Crippen molar-refractivity contribution in [3.8, 4) is 0 Å². The third-order valence-corrected chi connectivity index (χ3v) is 6.20. The average Bonchev–Trinajstić information content (AvgIpc) is 2.45. The molecule has 4 aliphatic rings. The summed E-state index contributed by atoms with van der Waals surface area (Å²) in [4.78, 5) is 11.8. The zero-order valence-corrected chi connectivity index (χ0v) is 14.2. The molecule has 7 nitrogen and oxygen atoms in total. The number of carbonyl (C=O) groups is 1. The van der Waals surface area contributed by atoms with Gasteiger partial charge in [-0.25, -0.2) is 14.4 Å². The Kier molecular flexibility index (Phi) is 4.77. The molecule has 150 valence electrons. The summed E-state index contributed by atoms with van der Waals surface area (Å²) in [5.41, 5.74) is -3.25. The average molecular weight is 406 g/mol. The van der Waals surface area contributed by atoms with Gasteiger partial charge in [0.05, 0.1) is 29.9 Å². The summed E-state index contributed by atoms with van der Waals surface area (Å²) in [5.74, 6) is -2.31. The summed E-state index contributed by atoms with van der Waals surface area (Å²) >= 11 is -1.08. The number of rotatable bonds is 6. The lowest BCUT2D eigenvalue weighted by Gasteiger charge is -2.63. The van der Waals surface area contributed by atoms with Crippen molar-refractivity contribution >= 4 is 18.0 Å². The van der Waals surface area contributed by atoms with Gasteiger partial charge in [0.1, 0.15) is 0 Å². The van der Waals surface area contributed by atoms with Gasteiger partial charge in [-0.05, 0) is 38.0 Å². The Labute approximate surface area is 149 Å². The Morgan fingerprint density at radius 1 is 1.08 bits per heavy atom. The molecule has 0 amide bonds. The topological polar surface area (TPSA) is 105 Å². The van der Waals surface area contributed by atoms with Crippen LogP contribution in [0.25, 0.3) is 0 Å². The second-order valence-electron chi connectivity index (χ2n) is 7.85. The van der Waals surface area contributed by atoms with E-state index in [-0.39, 0.29) is 25.2 Å². The van der Waals surface area contributed by atoms with E-state index in [1.54, 1.807) is 0 Å². The van der Waals surface area contributed by atoms with Crippen LogP contribution in [0.2, 0.25) is 0 Å². The predicted molar refractivity (Wildman–Crippen MR) is 76.8 cm³/mol. The minimum absolute atomic E-state index is 0.0433. The Morgan fingerprint density at radius 3 is 2.12 bits per heavy atom. The molecule has 4 aliphatic carbocycles. The van der Waals surface area contributed by atoms with E-state index in [0.717, 1.165) is 0 Å². The third kappa shape index (κ3) is 3.42. The van der Waals surface area contributed by atoms with E-state index in [2.05, 4.69) is 14.1 Å². The number of hydrogen-bond acceptors (Lipinski definition) is 8. The summed E-state index contributed by atoms with van der Waals surface area (Å²) in [7, 11) is 0. The van der Waals surface area contributed by atoms with Gasteiger partial charge < -0.3 is 14.9 Å². The standard InChI is InChI=1S/C14H18F4O7S/c15-13(14(16,17)18,26-25-24-22)9(19)23-7-10-1-8-2-11(20,4-10)6-12(21,3-8)5-10/h8,20-22H,1-7H2. The molecule has 0 saturated heterocycles. The molecule has 3 atom stereocenters. The van der Waals surface area contributed by atoms with Gasteiger partial charge in [-0.2, -0.15) is 13.2 Å². The van der Waals surface area contributed by atoms with Gasteiger partial charge in [-0.15, -0.1) is 4.33 Å². The highest BCUT2D eigenvalue weighted by atomic mass is 32.2. The number of ether oxygens (including phenoxy) is 1. The van der Waals surface area contributed by atoms with Crippen LogP contribution in [-0.4, -0.2) is 50.4 Å². The van der Waals surface area contributed by atoms with Crippen molar-refractivity contribution in [2.75, 3.05) is 6.61 Å². The maximum Gasteiger partial charge on any atom is 0.446 e. The van der Waals surface area contributed by atoms with Crippen molar-refractivity contribution in [2.45, 2.75) is 60.9 Å². The van der Waals surface area contributed by atoms with Gasteiger partial charge in [0.2, 0.25) is 0 Å². The van der Waals surface area contributed by atoms with Crippen LogP contribution in [0.4, 0.5) is 17.6 Å². The van der Waals surface area contributed by atoms with E-state index in [9.17, 15) is 32.6 Å². The maximum absolute atomic E-state index is 14.1. The molecule has 3 N–H and O–H groups in total. The minimum Gasteiger partial charge on any atom is -0.462 e. The van der Waals surface area contributed by atoms with Gasteiger partial charge in [0, 0.05) is 11.8 Å². The van der Waals surface area contributed by atoms with Crippen LogP contribution in [0.1, 0.15) is 38.5 Å². The lowest BCUT2D eigenvalue weighted by atomic mass is 9.46. The van der Waals surface area contributed by atoms with Crippen LogP contribution in [-0.2, 0) is 18.9 Å². The lowest BCUT2D eigenvalue weighted by molar-refractivity contribution is -0.433. The SMILES string of the molecule is O=C(OCC12CC3CC(O)(CC(O)(C3)C1)C2)C(F)(SOOO)C(F)(F)F. The van der Waals surface area contributed by atoms with Gasteiger partial charge in [0.15, 0.2) is 0 Å². The van der Waals surface area contributed by atoms with Gasteiger partial charge >= 0.3 is 17.1 Å². The summed E-state index contributed by atoms with van der Waals surface area (Å²) in [6, 6.07) is 0. The number of aliphatic hydroxyl groups is 2. The normalized spacial score (nSPS) is 41.1. The van der Waals surface area contributed by atoms with Gasteiger partial charge in [-0.1, -0.05) is 5.04 Å². The Bertz CT molecular complexity index is 570. The van der Waals surface area contributed by atoms with Crippen LogP contribution in [0.5, 0.6) is 0 Å². The fourth-order valence-electron chi connectivity index (χ4n) is 5.26. The van der Waals surface area contributed by atoms with E-state index in [1.165, 1.54) is 0 Å². The van der Waals surface area contributed by atoms with Crippen molar-refractivity contribution in [3.63, 3.8) is 0 Å². The molecule has 0 aliphatic heterocycles. The molecular weight excluding hydrogens is 388 g/mol. The second-order valence-corrected chi connectivity index (χ2v) is 8.72. The van der Waals surface area contributed by atoms with E-state index >= 15 is 0 Å². The van der Waals surface area contributed by atoms with Crippen molar-refractivity contribution in [3.05, 3.63) is 0 Å². The van der Waals surface area contributed by atoms with Gasteiger partial charge in [0.25, 0.3) is 0 Å². The first-order valence-electron chi connectivity index (χ1n) is 7.88. The summed E-state index contributed by atoms with van der Waals surface area (Å²) in [6.07, 6.45) is -3.82. The lowest BCUT2D eigenvalue weighted by Crippen LogP contribution is -2.64. The van der Waals surface area contributed by atoms with Crippen LogP contribution in [0.3, 0.4) is 0 Å². The second kappa shape index (κ2) is 6.17. The van der Waals surface area contributed by atoms with Crippen molar-refractivity contribution in [2.24, 2.45) is 11.3 Å². The van der Waals surface area contributed by atoms with Gasteiger partial charge in [-0.3, -0.25) is 0 Å². The fourth-order valence-corrected chi connectivity index (χ4v) is 5.61. The highest BCUT2D eigenvalue weighted by Crippen LogP contribution is 2.63. The Morgan fingerprint density at radius 2 is 1.65 bits per heavy atom. The van der Waals surface area contributed by atoms with Crippen molar-refractivity contribution in [1.29, 1.82) is 0 Å². The Balaban J connectivity index is 1.72. The number of alkyl halides is 4. The molecule has 0 heterocycles. The van der Waals surface area contributed by atoms with E-state index in [1.807, 2.05) is 0 Å². The number of carbonyl (C=O) groups excluding carboxylic acids is 1. The number of hydrogen-bond donors (Lipinski definition) is 3. The quantitative estimate of drug-likeness (QED) is 0.203. The Hall–Kier alpha value is -0.660. The molecule has 12 heteroatoms. The largest absolute Gasteiger partial charge is 0.462 e. The molecule has 26 heavy (non-hydrogen) atoms. The monoisotopic (exact) mass is 406 g/mol. The zero-order chi connectivity index (χ0) is 19.4. The molecule has 4 fully saturated rings. The molecular formula is C14H18F4O7S. The molecule has 0 spiro atoms. The molecule has 0 aromatic rings. The molecule has 0 aromatic carbocycles. The first-order valence-corrected chi connectivity index (χ1v) is 8.62. The summed E-state index contributed by atoms with van der Waals surface area (Å²) in [6.45, 7) is -0.574. The number of halogens is 4. The molecule has 4 saturated carbocycles. The first-order chi connectivity index (χ1) is 11.8. The van der Waals surface area contributed by atoms with Crippen LogP contribution in [0.15, 0.2) is 0 Å². The molecule has 0 radical (unpaired) electrons. The highest BCUT2D eigenvalue weighted by Gasteiger charge is 2.67. The van der Waals surface area contributed by atoms with E-state index < -0.39 is 52.4 Å². The minimum atomic E-state index is -5.69. The summed E-state index contributed by atoms with van der Waals surface area (Å²) < 4.78 is 60.9. The van der Waals surface area contributed by atoms with E-state index in [0.29, 0.717) is 19.3 Å². The smallest absolute Gasteiger partial charge is 0.446 e. The van der Waals surface area contributed by atoms with Crippen LogP contribution in [0, 0.1) is 11.3 Å².